The molecule has 0 saturated carbocycles. The average molecular weight is 358 g/mol. The first kappa shape index (κ1) is 18.3. The Morgan fingerprint density at radius 3 is 2.54 bits per heavy atom. The Morgan fingerprint density at radius 2 is 1.88 bits per heavy atom. The topological polar surface area (TPSA) is 73.9 Å². The molecule has 2 aliphatic heterocycles. The van der Waals surface area contributed by atoms with E-state index in [0.717, 1.165) is 26.2 Å². The summed E-state index contributed by atoms with van der Waals surface area (Å²) in [6, 6.07) is 9.71. The van der Waals surface area contributed by atoms with E-state index in [1.54, 1.807) is 13.8 Å². The predicted molar refractivity (Wildman–Crippen MR) is 99.9 cm³/mol. The summed E-state index contributed by atoms with van der Waals surface area (Å²) >= 11 is 0. The van der Waals surface area contributed by atoms with Gasteiger partial charge in [0.25, 0.3) is 0 Å². The Balaban J connectivity index is 1.67. The van der Waals surface area contributed by atoms with Crippen molar-refractivity contribution in [2.24, 2.45) is 0 Å². The van der Waals surface area contributed by atoms with Gasteiger partial charge in [-0.15, -0.1) is 0 Å². The molecule has 26 heavy (non-hydrogen) atoms. The van der Waals surface area contributed by atoms with Crippen LogP contribution in [0.3, 0.4) is 0 Å². The van der Waals surface area contributed by atoms with E-state index >= 15 is 0 Å². The smallest absolute Gasteiger partial charge is 0.337 e. The fourth-order valence-electron chi connectivity index (χ4n) is 3.43. The maximum absolute atomic E-state index is 12.3. The van der Waals surface area contributed by atoms with Gasteiger partial charge < -0.3 is 20.3 Å². The van der Waals surface area contributed by atoms with E-state index in [1.165, 1.54) is 5.69 Å². The summed E-state index contributed by atoms with van der Waals surface area (Å²) in [5.41, 5.74) is 2.38. The third kappa shape index (κ3) is 4.16. The minimum Gasteiger partial charge on any atom is -0.463 e. The van der Waals surface area contributed by atoms with Crippen LogP contribution in [0.25, 0.3) is 0 Å². The van der Waals surface area contributed by atoms with Crippen LogP contribution in [0, 0.1) is 0 Å². The van der Waals surface area contributed by atoms with Gasteiger partial charge in [-0.25, -0.2) is 9.59 Å². The number of para-hydroxylation sites is 1. The van der Waals surface area contributed by atoms with Gasteiger partial charge in [0.05, 0.1) is 18.2 Å². The minimum atomic E-state index is -0.370. The molecule has 2 N–H and O–H groups in total. The first-order valence-electron chi connectivity index (χ1n) is 9.08. The van der Waals surface area contributed by atoms with E-state index in [0.29, 0.717) is 24.4 Å². The van der Waals surface area contributed by atoms with Crippen LogP contribution in [-0.2, 0) is 9.53 Å². The Bertz CT molecular complexity index is 681. The molecule has 7 heteroatoms. The fraction of sp³-hybridized carbons (Fsp3) is 0.474. The second-order valence-corrected chi connectivity index (χ2v) is 6.53. The van der Waals surface area contributed by atoms with Gasteiger partial charge in [0, 0.05) is 44.1 Å². The van der Waals surface area contributed by atoms with Crippen molar-refractivity contribution in [3.63, 3.8) is 0 Å². The number of carbonyl (C=O) groups excluding carboxylic acids is 2. The number of nitrogens with zero attached hydrogens (tertiary/aromatic N) is 2. The number of hydrogen-bond acceptors (Lipinski definition) is 5. The molecule has 0 bridgehead atoms. The Hall–Kier alpha value is -2.54. The molecule has 0 aliphatic carbocycles. The van der Waals surface area contributed by atoms with E-state index in [4.69, 9.17) is 4.74 Å². The number of amides is 2. The number of benzene rings is 1. The van der Waals surface area contributed by atoms with E-state index in [2.05, 4.69) is 32.6 Å². The Morgan fingerprint density at radius 1 is 1.19 bits per heavy atom. The van der Waals surface area contributed by atoms with Crippen molar-refractivity contribution in [3.05, 3.63) is 41.6 Å². The standard InChI is InChI=1S/C19H26N4O3/c1-3-26-18(24)17-14(2)20-19(25)21-16(17)13-22-9-11-23(12-10-22)15-7-5-4-6-8-15/h4-8,14H,3,9-13H2,1-2H3,(H2,20,21,25)/t14-/m1/s1. The number of esters is 1. The van der Waals surface area contributed by atoms with Crippen LogP contribution in [0.5, 0.6) is 0 Å². The molecule has 140 valence electrons. The average Bonchev–Trinajstić information content (AvgIpc) is 2.63. The third-order valence-corrected chi connectivity index (χ3v) is 4.74. The maximum Gasteiger partial charge on any atom is 0.337 e. The van der Waals surface area contributed by atoms with Crippen LogP contribution < -0.4 is 15.5 Å². The molecule has 2 aliphatic rings. The summed E-state index contributed by atoms with van der Waals surface area (Å²) in [6.45, 7) is 7.99. The van der Waals surface area contributed by atoms with Gasteiger partial charge in [0.15, 0.2) is 0 Å². The van der Waals surface area contributed by atoms with E-state index in [1.807, 2.05) is 18.2 Å². The van der Waals surface area contributed by atoms with Crippen molar-refractivity contribution >= 4 is 17.7 Å². The second kappa shape index (κ2) is 8.23. The molecule has 1 fully saturated rings. The highest BCUT2D eigenvalue weighted by Gasteiger charge is 2.31. The van der Waals surface area contributed by atoms with Gasteiger partial charge in [0.2, 0.25) is 0 Å². The maximum atomic E-state index is 12.3. The SMILES string of the molecule is CCOC(=O)C1=C(CN2CCN(c3ccccc3)CC2)NC(=O)N[C@@H]1C. The van der Waals surface area contributed by atoms with Crippen LogP contribution in [-0.4, -0.2) is 62.3 Å². The molecule has 2 heterocycles. The number of hydrogen-bond donors (Lipinski definition) is 2. The van der Waals surface area contributed by atoms with E-state index < -0.39 is 0 Å². The second-order valence-electron chi connectivity index (χ2n) is 6.53. The molecule has 0 aromatic heterocycles. The molecule has 1 saturated heterocycles. The summed E-state index contributed by atoms with van der Waals surface area (Å²) in [5, 5.41) is 5.53. The van der Waals surface area contributed by atoms with Gasteiger partial charge >= 0.3 is 12.0 Å². The fourth-order valence-corrected chi connectivity index (χ4v) is 3.43. The van der Waals surface area contributed by atoms with Crippen molar-refractivity contribution in [1.82, 2.24) is 15.5 Å². The summed E-state index contributed by atoms with van der Waals surface area (Å²) in [5.74, 6) is -0.370. The zero-order chi connectivity index (χ0) is 18.5. The van der Waals surface area contributed by atoms with Gasteiger partial charge in [-0.1, -0.05) is 18.2 Å². The van der Waals surface area contributed by atoms with Gasteiger partial charge in [-0.05, 0) is 26.0 Å². The zero-order valence-corrected chi connectivity index (χ0v) is 15.3. The highest BCUT2D eigenvalue weighted by atomic mass is 16.5. The number of nitrogens with one attached hydrogen (secondary N) is 2. The molecule has 3 rings (SSSR count). The first-order valence-corrected chi connectivity index (χ1v) is 9.08. The summed E-state index contributed by atoms with van der Waals surface area (Å²) in [6.07, 6.45) is 0. The van der Waals surface area contributed by atoms with Crippen LogP contribution >= 0.6 is 0 Å². The van der Waals surface area contributed by atoms with Crippen molar-refractivity contribution in [2.45, 2.75) is 19.9 Å². The van der Waals surface area contributed by atoms with Crippen molar-refractivity contribution < 1.29 is 14.3 Å². The molecule has 0 unspecified atom stereocenters. The van der Waals surface area contributed by atoms with Crippen LogP contribution in [0.2, 0.25) is 0 Å². The molecule has 1 aromatic rings. The lowest BCUT2D eigenvalue weighted by atomic mass is 10.0. The van der Waals surface area contributed by atoms with Crippen LogP contribution in [0.1, 0.15) is 13.8 Å². The van der Waals surface area contributed by atoms with E-state index in [-0.39, 0.29) is 18.0 Å². The molecule has 0 spiro atoms. The van der Waals surface area contributed by atoms with Crippen LogP contribution in [0.4, 0.5) is 10.5 Å². The van der Waals surface area contributed by atoms with Gasteiger partial charge in [0.1, 0.15) is 0 Å². The Labute approximate surface area is 154 Å². The lowest BCUT2D eigenvalue weighted by molar-refractivity contribution is -0.139. The molecular weight excluding hydrogens is 332 g/mol. The van der Waals surface area contributed by atoms with Gasteiger partial charge in [-0.3, -0.25) is 4.90 Å². The quantitative estimate of drug-likeness (QED) is 0.777. The monoisotopic (exact) mass is 358 g/mol. The summed E-state index contributed by atoms with van der Waals surface area (Å²) in [7, 11) is 0. The van der Waals surface area contributed by atoms with Crippen LogP contribution in [0.15, 0.2) is 41.6 Å². The minimum absolute atomic E-state index is 0.275. The number of ether oxygens (including phenoxy) is 1. The lowest BCUT2D eigenvalue weighted by Crippen LogP contribution is -2.53. The van der Waals surface area contributed by atoms with Crippen molar-refractivity contribution in [1.29, 1.82) is 0 Å². The largest absolute Gasteiger partial charge is 0.463 e. The number of anilines is 1. The third-order valence-electron chi connectivity index (χ3n) is 4.74. The number of urea groups is 1. The van der Waals surface area contributed by atoms with Gasteiger partial charge in [-0.2, -0.15) is 0 Å². The lowest BCUT2D eigenvalue weighted by Gasteiger charge is -2.37. The molecule has 2 amide bonds. The Kier molecular flexibility index (Phi) is 5.78. The highest BCUT2D eigenvalue weighted by Crippen LogP contribution is 2.18. The summed E-state index contributed by atoms with van der Waals surface area (Å²) in [4.78, 5) is 28.8. The molecule has 1 aromatic carbocycles. The molecular formula is C19H26N4O3. The molecule has 1 atom stereocenters. The predicted octanol–water partition coefficient (Wildman–Crippen LogP) is 1.33. The molecule has 0 radical (unpaired) electrons. The first-order chi connectivity index (χ1) is 12.6. The zero-order valence-electron chi connectivity index (χ0n) is 15.3. The highest BCUT2D eigenvalue weighted by molar-refractivity contribution is 5.94. The van der Waals surface area contributed by atoms with Crippen molar-refractivity contribution in [2.75, 3.05) is 44.2 Å². The van der Waals surface area contributed by atoms with E-state index in [9.17, 15) is 9.59 Å². The number of rotatable bonds is 5. The number of piperazine rings is 1. The summed E-state index contributed by atoms with van der Waals surface area (Å²) < 4.78 is 5.17. The molecule has 7 nitrogen and oxygen atoms in total. The normalized spacial score (nSPS) is 21.2. The van der Waals surface area contributed by atoms with Crippen molar-refractivity contribution in [3.8, 4) is 0 Å². The number of carbonyl (C=O) groups is 2.